The monoisotopic (exact) mass is 470 g/mol. The number of aromatic nitrogens is 6. The lowest BCUT2D eigenvalue weighted by Crippen LogP contribution is -2.07. The maximum absolute atomic E-state index is 11.9. The van der Waals surface area contributed by atoms with Gasteiger partial charge >= 0.3 is 5.97 Å². The van der Waals surface area contributed by atoms with E-state index in [1.807, 2.05) is 19.1 Å². The van der Waals surface area contributed by atoms with Crippen molar-refractivity contribution in [2.24, 2.45) is 0 Å². The van der Waals surface area contributed by atoms with Crippen LogP contribution in [0.2, 0.25) is 0 Å². The van der Waals surface area contributed by atoms with Gasteiger partial charge in [0.1, 0.15) is 11.0 Å². The molecule has 9 nitrogen and oxygen atoms in total. The number of halogens is 1. The lowest BCUT2D eigenvalue weighted by atomic mass is 10.1. The van der Waals surface area contributed by atoms with Gasteiger partial charge in [-0.25, -0.2) is 14.5 Å². The highest BCUT2D eigenvalue weighted by molar-refractivity contribution is 9.10. The lowest BCUT2D eigenvalue weighted by Gasteiger charge is -2.09. The number of hydrogen-bond donors (Lipinski definition) is 0. The number of rotatable bonds is 6. The molecule has 3 heterocycles. The maximum atomic E-state index is 11.9. The number of fused-ring (bicyclic) bond motifs is 1. The number of aryl methyl sites for hydroxylation is 1. The van der Waals surface area contributed by atoms with Gasteiger partial charge in [0.25, 0.3) is 5.95 Å². The number of ether oxygens (including phenoxy) is 2. The topological polar surface area (TPSA) is 97.0 Å². The third-order valence-corrected chi connectivity index (χ3v) is 5.38. The number of esters is 1. The standard InChI is InChI=1S/C20H19BrN6O3/c1-4-30-19(28)14-8-22-27(11-14)20-24-16-9-23-26(17(16)18(25-20)29-3)10-13-5-6-15(21)12(2)7-13/h5-9,11H,4,10H2,1-3H3. The molecular weight excluding hydrogens is 452 g/mol. The van der Waals surface area contributed by atoms with Gasteiger partial charge in [0.05, 0.1) is 38.2 Å². The van der Waals surface area contributed by atoms with Gasteiger partial charge < -0.3 is 9.47 Å². The van der Waals surface area contributed by atoms with E-state index < -0.39 is 5.97 Å². The summed E-state index contributed by atoms with van der Waals surface area (Å²) >= 11 is 3.52. The molecule has 0 N–H and O–H groups in total. The highest BCUT2D eigenvalue weighted by Gasteiger charge is 2.17. The number of methoxy groups -OCH3 is 1. The molecule has 0 aliphatic carbocycles. The summed E-state index contributed by atoms with van der Waals surface area (Å²) < 4.78 is 14.8. The average molecular weight is 471 g/mol. The van der Waals surface area contributed by atoms with Crippen LogP contribution in [-0.2, 0) is 11.3 Å². The van der Waals surface area contributed by atoms with E-state index in [1.165, 1.54) is 17.1 Å². The summed E-state index contributed by atoms with van der Waals surface area (Å²) in [4.78, 5) is 20.9. The van der Waals surface area contributed by atoms with E-state index in [-0.39, 0.29) is 12.6 Å². The zero-order chi connectivity index (χ0) is 21.3. The van der Waals surface area contributed by atoms with Gasteiger partial charge in [-0.2, -0.15) is 15.2 Å². The Bertz CT molecular complexity index is 1230. The fraction of sp³-hybridized carbons (Fsp3) is 0.250. The van der Waals surface area contributed by atoms with E-state index in [4.69, 9.17) is 9.47 Å². The molecule has 0 aliphatic heterocycles. The Labute approximate surface area is 180 Å². The Kier molecular flexibility index (Phi) is 5.49. The minimum absolute atomic E-state index is 0.272. The van der Waals surface area contributed by atoms with Crippen LogP contribution in [0.5, 0.6) is 5.88 Å². The largest absolute Gasteiger partial charge is 0.479 e. The predicted molar refractivity (Wildman–Crippen MR) is 113 cm³/mol. The molecule has 0 unspecified atom stereocenters. The van der Waals surface area contributed by atoms with Crippen LogP contribution in [0, 0.1) is 6.92 Å². The summed E-state index contributed by atoms with van der Waals surface area (Å²) in [5, 5.41) is 8.63. The molecular formula is C20H19BrN6O3. The summed E-state index contributed by atoms with van der Waals surface area (Å²) in [6.07, 6.45) is 4.59. The van der Waals surface area contributed by atoms with Gasteiger partial charge in [-0.3, -0.25) is 4.68 Å². The van der Waals surface area contributed by atoms with Crippen molar-refractivity contribution in [3.05, 3.63) is 58.0 Å². The van der Waals surface area contributed by atoms with Gasteiger partial charge in [0, 0.05) is 10.7 Å². The van der Waals surface area contributed by atoms with Crippen LogP contribution in [0.15, 0.2) is 41.3 Å². The number of benzene rings is 1. The van der Waals surface area contributed by atoms with Crippen molar-refractivity contribution in [2.45, 2.75) is 20.4 Å². The minimum Gasteiger partial charge on any atom is -0.479 e. The van der Waals surface area contributed by atoms with Gasteiger partial charge in [0.15, 0.2) is 0 Å². The number of carbonyl (C=O) groups is 1. The average Bonchev–Trinajstić information content (AvgIpc) is 3.38. The molecule has 154 valence electrons. The van der Waals surface area contributed by atoms with Crippen LogP contribution in [0.4, 0.5) is 0 Å². The van der Waals surface area contributed by atoms with Crippen molar-refractivity contribution >= 4 is 32.9 Å². The minimum atomic E-state index is -0.450. The molecule has 4 rings (SSSR count). The third-order valence-electron chi connectivity index (χ3n) is 4.49. The summed E-state index contributed by atoms with van der Waals surface area (Å²) in [5.74, 6) is 0.192. The van der Waals surface area contributed by atoms with Crippen molar-refractivity contribution in [3.63, 3.8) is 0 Å². The first kappa shape index (κ1) is 20.0. The molecule has 0 fully saturated rings. The van der Waals surface area contributed by atoms with E-state index in [1.54, 1.807) is 24.9 Å². The van der Waals surface area contributed by atoms with Crippen molar-refractivity contribution in [1.82, 2.24) is 29.5 Å². The first-order valence-corrected chi connectivity index (χ1v) is 10.0. The summed E-state index contributed by atoms with van der Waals surface area (Å²) in [7, 11) is 1.54. The van der Waals surface area contributed by atoms with E-state index in [2.05, 4.69) is 42.2 Å². The fourth-order valence-corrected chi connectivity index (χ4v) is 3.30. The van der Waals surface area contributed by atoms with Crippen LogP contribution in [0.25, 0.3) is 17.0 Å². The highest BCUT2D eigenvalue weighted by atomic mass is 79.9. The molecule has 0 radical (unpaired) electrons. The van der Waals surface area contributed by atoms with Crippen LogP contribution in [0.1, 0.15) is 28.4 Å². The van der Waals surface area contributed by atoms with Gasteiger partial charge in [-0.05, 0) is 31.0 Å². The molecule has 30 heavy (non-hydrogen) atoms. The van der Waals surface area contributed by atoms with Crippen molar-refractivity contribution in [3.8, 4) is 11.8 Å². The second-order valence-corrected chi connectivity index (χ2v) is 7.40. The van der Waals surface area contributed by atoms with Crippen molar-refractivity contribution in [2.75, 3.05) is 13.7 Å². The summed E-state index contributed by atoms with van der Waals surface area (Å²) in [5.41, 5.74) is 3.85. The first-order chi connectivity index (χ1) is 14.5. The summed E-state index contributed by atoms with van der Waals surface area (Å²) in [6, 6.07) is 6.15. The van der Waals surface area contributed by atoms with E-state index >= 15 is 0 Å². The smallest absolute Gasteiger partial charge is 0.341 e. The number of nitrogens with zero attached hydrogens (tertiary/aromatic N) is 6. The maximum Gasteiger partial charge on any atom is 0.341 e. The van der Waals surface area contributed by atoms with Crippen LogP contribution in [0.3, 0.4) is 0 Å². The van der Waals surface area contributed by atoms with E-state index in [0.717, 1.165) is 15.6 Å². The lowest BCUT2D eigenvalue weighted by molar-refractivity contribution is 0.0526. The van der Waals surface area contributed by atoms with Gasteiger partial charge in [-0.1, -0.05) is 28.1 Å². The van der Waals surface area contributed by atoms with Crippen molar-refractivity contribution < 1.29 is 14.3 Å². The molecule has 0 amide bonds. The summed E-state index contributed by atoms with van der Waals surface area (Å²) in [6.45, 7) is 4.62. The predicted octanol–water partition coefficient (Wildman–Crippen LogP) is 3.32. The Hall–Kier alpha value is -3.27. The van der Waals surface area contributed by atoms with E-state index in [0.29, 0.717) is 29.0 Å². The Morgan fingerprint density at radius 3 is 2.77 bits per heavy atom. The molecule has 0 saturated heterocycles. The molecule has 0 bridgehead atoms. The Morgan fingerprint density at radius 2 is 2.03 bits per heavy atom. The Balaban J connectivity index is 1.71. The number of hydrogen-bond acceptors (Lipinski definition) is 7. The molecule has 0 aliphatic rings. The van der Waals surface area contributed by atoms with Crippen LogP contribution < -0.4 is 4.74 Å². The SMILES string of the molecule is CCOC(=O)c1cnn(-c2nc(OC)c3c(cnn3Cc3ccc(Br)c(C)c3)n2)c1. The Morgan fingerprint density at radius 1 is 1.20 bits per heavy atom. The van der Waals surface area contributed by atoms with Crippen LogP contribution in [-0.4, -0.2) is 49.2 Å². The second-order valence-electron chi connectivity index (χ2n) is 6.55. The van der Waals surface area contributed by atoms with Gasteiger partial charge in [-0.15, -0.1) is 0 Å². The third kappa shape index (κ3) is 3.78. The molecule has 0 atom stereocenters. The normalized spacial score (nSPS) is 11.1. The number of carbonyl (C=O) groups excluding carboxylic acids is 1. The zero-order valence-corrected chi connectivity index (χ0v) is 18.3. The van der Waals surface area contributed by atoms with Gasteiger partial charge in [0.2, 0.25) is 5.88 Å². The van der Waals surface area contributed by atoms with Crippen molar-refractivity contribution in [1.29, 1.82) is 0 Å². The van der Waals surface area contributed by atoms with E-state index in [9.17, 15) is 4.79 Å². The first-order valence-electron chi connectivity index (χ1n) is 9.25. The molecule has 1 aromatic carbocycles. The quantitative estimate of drug-likeness (QED) is 0.398. The van der Waals surface area contributed by atoms with Crippen LogP contribution >= 0.6 is 15.9 Å². The zero-order valence-electron chi connectivity index (χ0n) is 16.7. The molecule has 10 heteroatoms. The second kappa shape index (κ2) is 8.23. The molecule has 4 aromatic rings. The highest BCUT2D eigenvalue weighted by Crippen LogP contribution is 2.25. The molecule has 0 saturated carbocycles. The molecule has 3 aromatic heterocycles. The molecule has 0 spiro atoms. The fourth-order valence-electron chi connectivity index (χ4n) is 3.05.